The van der Waals surface area contributed by atoms with Crippen LogP contribution in [0.5, 0.6) is 0 Å². The zero-order valence-electron chi connectivity index (χ0n) is 16.7. The summed E-state index contributed by atoms with van der Waals surface area (Å²) in [6, 6.07) is 6.53. The molecule has 6 rings (SSSR count). The Morgan fingerprint density at radius 2 is 1.86 bits per heavy atom. The van der Waals surface area contributed by atoms with Gasteiger partial charge in [0.2, 0.25) is 0 Å². The van der Waals surface area contributed by atoms with Crippen molar-refractivity contribution in [3.8, 4) is 0 Å². The van der Waals surface area contributed by atoms with E-state index in [4.69, 9.17) is 4.98 Å². The summed E-state index contributed by atoms with van der Waals surface area (Å²) < 4.78 is 0. The molecule has 1 aliphatic heterocycles. The molecule has 1 saturated heterocycles. The Kier molecular flexibility index (Phi) is 3.87. The molecule has 0 unspecified atom stereocenters. The van der Waals surface area contributed by atoms with Crippen molar-refractivity contribution in [1.29, 1.82) is 0 Å². The highest BCUT2D eigenvalue weighted by Gasteiger charge is 2.28. The van der Waals surface area contributed by atoms with Gasteiger partial charge in [-0.2, -0.15) is 0 Å². The van der Waals surface area contributed by atoms with Gasteiger partial charge in [0.25, 0.3) is 0 Å². The summed E-state index contributed by atoms with van der Waals surface area (Å²) in [4.78, 5) is 23.4. The number of nitrogens with zero attached hydrogens (tertiary/aromatic N) is 6. The lowest BCUT2D eigenvalue weighted by atomic mass is 10.00. The smallest absolute Gasteiger partial charge is 0.139 e. The van der Waals surface area contributed by atoms with Crippen LogP contribution >= 0.6 is 0 Å². The van der Waals surface area contributed by atoms with Crippen molar-refractivity contribution in [2.45, 2.75) is 25.2 Å². The Balaban J connectivity index is 1.38. The molecule has 3 aliphatic rings. The second-order valence-electron chi connectivity index (χ2n) is 8.40. The van der Waals surface area contributed by atoms with Crippen molar-refractivity contribution >= 4 is 22.3 Å². The molecule has 3 heterocycles. The highest BCUT2D eigenvalue weighted by Crippen LogP contribution is 2.40. The van der Waals surface area contributed by atoms with Gasteiger partial charge in [0.15, 0.2) is 0 Å². The number of anilines is 1. The molecule has 146 valence electrons. The third-order valence-corrected chi connectivity index (χ3v) is 6.35. The molecule has 1 saturated carbocycles. The first-order valence-corrected chi connectivity index (χ1v) is 10.5. The van der Waals surface area contributed by atoms with Crippen LogP contribution in [-0.4, -0.2) is 58.1 Å². The number of likely N-dealkylation sites (N-methyl/N-ethyl adjacent to an activating group) is 1. The van der Waals surface area contributed by atoms with Crippen molar-refractivity contribution in [1.82, 2.24) is 24.8 Å². The van der Waals surface area contributed by atoms with Gasteiger partial charge in [-0.25, -0.2) is 19.9 Å². The second-order valence-corrected chi connectivity index (χ2v) is 8.40. The first kappa shape index (κ1) is 17.0. The Hall–Kier alpha value is -2.86. The average molecular weight is 384 g/mol. The molecule has 6 heteroatoms. The number of hydrogen-bond donors (Lipinski definition) is 0. The largest absolute Gasteiger partial charge is 0.353 e. The van der Waals surface area contributed by atoms with Gasteiger partial charge in [0, 0.05) is 55.7 Å². The molecule has 0 N–H and O–H groups in total. The summed E-state index contributed by atoms with van der Waals surface area (Å²) in [7, 11) is 2.17. The first-order valence-electron chi connectivity index (χ1n) is 10.5. The van der Waals surface area contributed by atoms with E-state index < -0.39 is 0 Å². The monoisotopic (exact) mass is 384 g/mol. The lowest BCUT2D eigenvalue weighted by Crippen LogP contribution is -2.44. The van der Waals surface area contributed by atoms with Crippen molar-refractivity contribution in [2.24, 2.45) is 0 Å². The number of piperazine rings is 1. The Morgan fingerprint density at radius 1 is 1.00 bits per heavy atom. The van der Waals surface area contributed by atoms with Gasteiger partial charge in [-0.15, -0.1) is 0 Å². The Bertz CT molecular complexity index is 1130. The SMILES string of the molecule is CN1CCN(c2ncnc3ccc(C4=CCc5nc(C6CC6)ncc54)cc23)CC1. The quantitative estimate of drug-likeness (QED) is 0.692. The molecule has 29 heavy (non-hydrogen) atoms. The van der Waals surface area contributed by atoms with Crippen LogP contribution < -0.4 is 4.90 Å². The van der Waals surface area contributed by atoms with Gasteiger partial charge in [-0.1, -0.05) is 12.1 Å². The number of rotatable bonds is 3. The summed E-state index contributed by atoms with van der Waals surface area (Å²) in [5.74, 6) is 2.67. The van der Waals surface area contributed by atoms with Gasteiger partial charge in [0.05, 0.1) is 11.2 Å². The minimum atomic E-state index is 0.591. The van der Waals surface area contributed by atoms with Crippen LogP contribution in [-0.2, 0) is 6.42 Å². The number of hydrogen-bond acceptors (Lipinski definition) is 6. The van der Waals surface area contributed by atoms with Crippen molar-refractivity contribution in [2.75, 3.05) is 38.1 Å². The zero-order valence-corrected chi connectivity index (χ0v) is 16.7. The molecule has 6 nitrogen and oxygen atoms in total. The minimum absolute atomic E-state index is 0.591. The van der Waals surface area contributed by atoms with E-state index in [0.717, 1.165) is 55.1 Å². The molecule has 0 atom stereocenters. The molecular weight excluding hydrogens is 360 g/mol. The molecular formula is C23H24N6. The number of fused-ring (bicyclic) bond motifs is 2. The maximum absolute atomic E-state index is 4.85. The normalized spacial score (nSPS) is 19.5. The maximum atomic E-state index is 4.85. The predicted octanol–water partition coefficient (Wildman–Crippen LogP) is 3.04. The third-order valence-electron chi connectivity index (χ3n) is 6.35. The molecule has 3 aromatic rings. The van der Waals surface area contributed by atoms with E-state index in [0.29, 0.717) is 5.92 Å². The Morgan fingerprint density at radius 3 is 2.69 bits per heavy atom. The predicted molar refractivity (Wildman–Crippen MR) is 114 cm³/mol. The van der Waals surface area contributed by atoms with Gasteiger partial charge in [-0.3, -0.25) is 0 Å². The van der Waals surface area contributed by atoms with E-state index in [1.165, 1.54) is 35.2 Å². The third kappa shape index (κ3) is 2.99. The van der Waals surface area contributed by atoms with E-state index in [9.17, 15) is 0 Å². The molecule has 2 aliphatic carbocycles. The number of benzene rings is 1. The van der Waals surface area contributed by atoms with Crippen LogP contribution in [0.4, 0.5) is 5.82 Å². The van der Waals surface area contributed by atoms with Crippen LogP contribution in [0.3, 0.4) is 0 Å². The van der Waals surface area contributed by atoms with E-state index >= 15 is 0 Å². The fraction of sp³-hybridized carbons (Fsp3) is 0.391. The van der Waals surface area contributed by atoms with Gasteiger partial charge >= 0.3 is 0 Å². The maximum Gasteiger partial charge on any atom is 0.139 e. The molecule has 0 amide bonds. The van der Waals surface area contributed by atoms with E-state index in [-0.39, 0.29) is 0 Å². The fourth-order valence-electron chi connectivity index (χ4n) is 4.41. The minimum Gasteiger partial charge on any atom is -0.353 e. The molecule has 0 bridgehead atoms. The average Bonchev–Trinajstić information content (AvgIpc) is 3.53. The molecule has 1 aromatic carbocycles. The van der Waals surface area contributed by atoms with Crippen molar-refractivity contribution in [3.05, 3.63) is 59.4 Å². The summed E-state index contributed by atoms with van der Waals surface area (Å²) in [5.41, 5.74) is 5.77. The van der Waals surface area contributed by atoms with E-state index in [2.05, 4.69) is 56.1 Å². The summed E-state index contributed by atoms with van der Waals surface area (Å²) in [5, 5.41) is 1.12. The lowest BCUT2D eigenvalue weighted by molar-refractivity contribution is 0.312. The molecule has 0 spiro atoms. The van der Waals surface area contributed by atoms with Crippen LogP contribution in [0.25, 0.3) is 16.5 Å². The fourth-order valence-corrected chi connectivity index (χ4v) is 4.41. The van der Waals surface area contributed by atoms with Gasteiger partial charge in [0.1, 0.15) is 18.0 Å². The summed E-state index contributed by atoms with van der Waals surface area (Å²) >= 11 is 0. The topological polar surface area (TPSA) is 58.0 Å². The highest BCUT2D eigenvalue weighted by atomic mass is 15.3. The van der Waals surface area contributed by atoms with Gasteiger partial charge in [-0.05, 0) is 43.2 Å². The van der Waals surface area contributed by atoms with Crippen LogP contribution in [0.1, 0.15) is 41.4 Å². The van der Waals surface area contributed by atoms with Gasteiger partial charge < -0.3 is 9.80 Å². The second kappa shape index (κ2) is 6.59. The number of aromatic nitrogens is 4. The van der Waals surface area contributed by atoms with Crippen molar-refractivity contribution < 1.29 is 0 Å². The summed E-state index contributed by atoms with van der Waals surface area (Å²) in [6.45, 7) is 4.11. The summed E-state index contributed by atoms with van der Waals surface area (Å²) in [6.07, 6.45) is 9.37. The zero-order chi connectivity index (χ0) is 19.4. The molecule has 2 aromatic heterocycles. The molecule has 2 fully saturated rings. The molecule has 0 radical (unpaired) electrons. The highest BCUT2D eigenvalue weighted by molar-refractivity contribution is 5.94. The van der Waals surface area contributed by atoms with Crippen LogP contribution in [0.2, 0.25) is 0 Å². The number of allylic oxidation sites excluding steroid dienone is 1. The first-order chi connectivity index (χ1) is 14.3. The lowest BCUT2D eigenvalue weighted by Gasteiger charge is -2.33. The van der Waals surface area contributed by atoms with E-state index in [1.54, 1.807) is 6.33 Å². The van der Waals surface area contributed by atoms with Crippen molar-refractivity contribution in [3.63, 3.8) is 0 Å². The van der Waals surface area contributed by atoms with Crippen LogP contribution in [0.15, 0.2) is 36.8 Å². The van der Waals surface area contributed by atoms with Crippen LogP contribution in [0, 0.1) is 0 Å². The van der Waals surface area contributed by atoms with E-state index in [1.807, 2.05) is 6.20 Å². The Labute approximate surface area is 170 Å². The standard InChI is InChI=1S/C23H24N6/c1-28-8-10-29(11-9-28)23-18-12-16(4-6-20(18)25-14-26-23)17-5-7-21-19(17)13-24-22(27-21)15-2-3-15/h4-6,12-15H,2-3,7-11H2,1H3.